The van der Waals surface area contributed by atoms with Crippen molar-refractivity contribution < 1.29 is 19.1 Å². The Kier molecular flexibility index (Phi) is 6.36. The monoisotopic (exact) mass is 284 g/mol. The standard InChI is InChI=1S/C14H17ClO4/c1-3-5-12(16)13(14(17)18-4-2)19-11-8-6-10(15)7-9-11/h6-9,13H,3-5H2,1-2H3. The van der Waals surface area contributed by atoms with E-state index in [0.717, 1.165) is 0 Å². The molecule has 0 aliphatic heterocycles. The maximum atomic E-state index is 11.9. The quantitative estimate of drug-likeness (QED) is 0.570. The van der Waals surface area contributed by atoms with Crippen LogP contribution in [0.4, 0.5) is 0 Å². The van der Waals surface area contributed by atoms with Crippen LogP contribution in [0.2, 0.25) is 5.02 Å². The van der Waals surface area contributed by atoms with Crippen molar-refractivity contribution >= 4 is 23.4 Å². The normalized spacial score (nSPS) is 11.7. The van der Waals surface area contributed by atoms with Crippen LogP contribution in [0, 0.1) is 0 Å². The topological polar surface area (TPSA) is 52.6 Å². The number of benzene rings is 1. The minimum atomic E-state index is -1.21. The summed E-state index contributed by atoms with van der Waals surface area (Å²) in [6, 6.07) is 6.47. The molecule has 0 spiro atoms. The summed E-state index contributed by atoms with van der Waals surface area (Å²) in [5.41, 5.74) is 0. The maximum Gasteiger partial charge on any atom is 0.355 e. The molecule has 5 heteroatoms. The summed E-state index contributed by atoms with van der Waals surface area (Å²) in [5.74, 6) is -0.529. The number of carbonyl (C=O) groups is 2. The van der Waals surface area contributed by atoms with Crippen LogP contribution in [0.25, 0.3) is 0 Å². The summed E-state index contributed by atoms with van der Waals surface area (Å²) >= 11 is 5.76. The Balaban J connectivity index is 2.81. The number of esters is 1. The fraction of sp³-hybridized carbons (Fsp3) is 0.429. The molecule has 0 N–H and O–H groups in total. The molecule has 0 fully saturated rings. The van der Waals surface area contributed by atoms with E-state index < -0.39 is 12.1 Å². The molecule has 0 amide bonds. The van der Waals surface area contributed by atoms with Gasteiger partial charge in [-0.25, -0.2) is 4.79 Å². The zero-order valence-corrected chi connectivity index (χ0v) is 11.8. The Morgan fingerprint density at radius 2 is 1.84 bits per heavy atom. The van der Waals surface area contributed by atoms with Gasteiger partial charge in [0.05, 0.1) is 6.61 Å². The van der Waals surface area contributed by atoms with Gasteiger partial charge in [0.25, 0.3) is 6.10 Å². The summed E-state index contributed by atoms with van der Waals surface area (Å²) in [7, 11) is 0. The summed E-state index contributed by atoms with van der Waals surface area (Å²) in [4.78, 5) is 23.6. The molecule has 1 aromatic rings. The molecule has 0 aromatic heterocycles. The largest absolute Gasteiger partial charge is 0.471 e. The van der Waals surface area contributed by atoms with E-state index in [9.17, 15) is 9.59 Å². The zero-order chi connectivity index (χ0) is 14.3. The van der Waals surface area contributed by atoms with E-state index in [2.05, 4.69) is 0 Å². The number of rotatable bonds is 7. The van der Waals surface area contributed by atoms with Gasteiger partial charge in [0, 0.05) is 11.4 Å². The van der Waals surface area contributed by atoms with Gasteiger partial charge in [0.1, 0.15) is 5.75 Å². The van der Waals surface area contributed by atoms with Crippen LogP contribution < -0.4 is 4.74 Å². The second-order valence-corrected chi connectivity index (χ2v) is 4.36. The lowest BCUT2D eigenvalue weighted by Gasteiger charge is -2.16. The van der Waals surface area contributed by atoms with Gasteiger partial charge in [0.15, 0.2) is 5.78 Å². The number of halogens is 1. The van der Waals surface area contributed by atoms with E-state index in [-0.39, 0.29) is 18.8 Å². The number of ketones is 1. The van der Waals surface area contributed by atoms with Crippen molar-refractivity contribution in [3.8, 4) is 5.75 Å². The molecule has 1 aromatic carbocycles. The molecule has 0 heterocycles. The molecule has 104 valence electrons. The van der Waals surface area contributed by atoms with Crippen molar-refractivity contribution in [3.63, 3.8) is 0 Å². The van der Waals surface area contributed by atoms with Crippen LogP contribution in [-0.4, -0.2) is 24.5 Å². The highest BCUT2D eigenvalue weighted by molar-refractivity contribution is 6.30. The third-order valence-corrected chi connectivity index (χ3v) is 2.61. The molecule has 1 atom stereocenters. The average molecular weight is 285 g/mol. The number of ether oxygens (including phenoxy) is 2. The van der Waals surface area contributed by atoms with E-state index in [0.29, 0.717) is 17.2 Å². The first-order chi connectivity index (χ1) is 9.08. The highest BCUT2D eigenvalue weighted by Gasteiger charge is 2.29. The minimum Gasteiger partial charge on any atom is -0.471 e. The molecule has 0 bridgehead atoms. The summed E-state index contributed by atoms with van der Waals surface area (Å²) < 4.78 is 10.3. The van der Waals surface area contributed by atoms with E-state index in [1.165, 1.54) is 0 Å². The Bertz CT molecular complexity index is 410. The fourth-order valence-electron chi connectivity index (χ4n) is 1.49. The Morgan fingerprint density at radius 3 is 2.37 bits per heavy atom. The average Bonchev–Trinajstić information content (AvgIpc) is 2.38. The fourth-order valence-corrected chi connectivity index (χ4v) is 1.62. The lowest BCUT2D eigenvalue weighted by atomic mass is 10.1. The third-order valence-electron chi connectivity index (χ3n) is 2.36. The van der Waals surface area contributed by atoms with Gasteiger partial charge >= 0.3 is 5.97 Å². The van der Waals surface area contributed by atoms with Crippen molar-refractivity contribution in [2.24, 2.45) is 0 Å². The van der Waals surface area contributed by atoms with Crippen molar-refractivity contribution in [2.45, 2.75) is 32.8 Å². The van der Waals surface area contributed by atoms with Crippen LogP contribution >= 0.6 is 11.6 Å². The molecule has 0 saturated carbocycles. The molecule has 1 unspecified atom stereocenters. The van der Waals surface area contributed by atoms with Crippen LogP contribution in [0.1, 0.15) is 26.7 Å². The molecular formula is C14H17ClO4. The van der Waals surface area contributed by atoms with Crippen molar-refractivity contribution in [1.82, 2.24) is 0 Å². The van der Waals surface area contributed by atoms with E-state index in [1.807, 2.05) is 6.92 Å². The van der Waals surface area contributed by atoms with Crippen LogP contribution in [-0.2, 0) is 14.3 Å². The molecule has 0 aliphatic rings. The first-order valence-electron chi connectivity index (χ1n) is 6.20. The van der Waals surface area contributed by atoms with Crippen molar-refractivity contribution in [2.75, 3.05) is 6.61 Å². The molecular weight excluding hydrogens is 268 g/mol. The second kappa shape index (κ2) is 7.79. The number of Topliss-reactive ketones (excluding diaryl/α,β-unsaturated/α-hetero) is 1. The Hall–Kier alpha value is -1.55. The first kappa shape index (κ1) is 15.5. The van der Waals surface area contributed by atoms with E-state index in [1.54, 1.807) is 31.2 Å². The van der Waals surface area contributed by atoms with Gasteiger partial charge in [-0.3, -0.25) is 4.79 Å². The smallest absolute Gasteiger partial charge is 0.355 e. The van der Waals surface area contributed by atoms with Crippen LogP contribution in [0.15, 0.2) is 24.3 Å². The summed E-state index contributed by atoms with van der Waals surface area (Å²) in [6.07, 6.45) is -0.281. The molecule has 19 heavy (non-hydrogen) atoms. The number of carbonyl (C=O) groups excluding carboxylic acids is 2. The molecule has 0 aliphatic carbocycles. The number of hydrogen-bond donors (Lipinski definition) is 0. The maximum absolute atomic E-state index is 11.9. The van der Waals surface area contributed by atoms with Gasteiger partial charge in [-0.05, 0) is 37.6 Å². The zero-order valence-electron chi connectivity index (χ0n) is 11.0. The second-order valence-electron chi connectivity index (χ2n) is 3.92. The highest BCUT2D eigenvalue weighted by Crippen LogP contribution is 2.18. The lowest BCUT2D eigenvalue weighted by molar-refractivity contribution is -0.155. The van der Waals surface area contributed by atoms with Gasteiger partial charge in [0.2, 0.25) is 0 Å². The van der Waals surface area contributed by atoms with Gasteiger partial charge in [-0.1, -0.05) is 18.5 Å². The molecule has 0 radical (unpaired) electrons. The van der Waals surface area contributed by atoms with Crippen molar-refractivity contribution in [1.29, 1.82) is 0 Å². The first-order valence-corrected chi connectivity index (χ1v) is 6.57. The Labute approximate surface area is 117 Å². The molecule has 1 rings (SSSR count). The van der Waals surface area contributed by atoms with E-state index in [4.69, 9.17) is 21.1 Å². The predicted molar refractivity (Wildman–Crippen MR) is 72.4 cm³/mol. The van der Waals surface area contributed by atoms with Crippen LogP contribution in [0.3, 0.4) is 0 Å². The van der Waals surface area contributed by atoms with Crippen molar-refractivity contribution in [3.05, 3.63) is 29.3 Å². The minimum absolute atomic E-state index is 0.207. The van der Waals surface area contributed by atoms with E-state index >= 15 is 0 Å². The summed E-state index contributed by atoms with van der Waals surface area (Å²) in [6.45, 7) is 3.75. The summed E-state index contributed by atoms with van der Waals surface area (Å²) in [5, 5.41) is 0.555. The SMILES string of the molecule is CCCC(=O)C(Oc1ccc(Cl)cc1)C(=O)OCC. The van der Waals surface area contributed by atoms with Gasteiger partial charge in [-0.15, -0.1) is 0 Å². The molecule has 0 saturated heterocycles. The number of hydrogen-bond acceptors (Lipinski definition) is 4. The molecule has 4 nitrogen and oxygen atoms in total. The predicted octanol–water partition coefficient (Wildman–Crippen LogP) is 3.02. The third kappa shape index (κ3) is 4.91. The Morgan fingerprint density at radius 1 is 1.21 bits per heavy atom. The van der Waals surface area contributed by atoms with Gasteiger partial charge in [-0.2, -0.15) is 0 Å². The van der Waals surface area contributed by atoms with Crippen LogP contribution in [0.5, 0.6) is 5.75 Å². The lowest BCUT2D eigenvalue weighted by Crippen LogP contribution is -2.37. The van der Waals surface area contributed by atoms with Gasteiger partial charge < -0.3 is 9.47 Å². The highest BCUT2D eigenvalue weighted by atomic mass is 35.5.